The normalized spacial score (nSPS) is 11.5. The van der Waals surface area contributed by atoms with E-state index in [1.54, 1.807) is 0 Å². The second-order valence-corrected chi connectivity index (χ2v) is 8.07. The molecule has 2 nitrogen and oxygen atoms in total. The van der Waals surface area contributed by atoms with Crippen molar-refractivity contribution < 1.29 is 4.48 Å². The summed E-state index contributed by atoms with van der Waals surface area (Å²) in [4.78, 5) is 2.36. The third kappa shape index (κ3) is 4.71. The van der Waals surface area contributed by atoms with Gasteiger partial charge in [-0.15, -0.1) is 0 Å². The number of aryl methyl sites for hydroxylation is 2. The largest absolute Gasteiger partial charge is 0.321 e. The van der Waals surface area contributed by atoms with E-state index in [-0.39, 0.29) is 0 Å². The van der Waals surface area contributed by atoms with Gasteiger partial charge in [-0.05, 0) is 76.6 Å². The zero-order chi connectivity index (χ0) is 20.9. The third-order valence-corrected chi connectivity index (χ3v) is 6.42. The highest BCUT2D eigenvalue weighted by Gasteiger charge is 2.23. The molecular weight excluding hydrogens is 352 g/mol. The second-order valence-electron chi connectivity index (χ2n) is 8.07. The van der Waals surface area contributed by atoms with E-state index in [0.717, 1.165) is 30.7 Å². The van der Waals surface area contributed by atoms with Crippen LogP contribution in [-0.4, -0.2) is 24.1 Å². The molecule has 0 spiro atoms. The van der Waals surface area contributed by atoms with E-state index in [9.17, 15) is 0 Å². The molecule has 2 heteroatoms. The first-order valence-corrected chi connectivity index (χ1v) is 10.9. The summed E-state index contributed by atoms with van der Waals surface area (Å²) in [5.41, 5.74) is 7.71. The summed E-state index contributed by atoms with van der Waals surface area (Å²) in [6.45, 7) is 15.9. The fourth-order valence-corrected chi connectivity index (χ4v) is 4.05. The fourth-order valence-electron chi connectivity index (χ4n) is 4.05. The van der Waals surface area contributed by atoms with Crippen molar-refractivity contribution in [2.45, 2.75) is 41.2 Å². The SMILES string of the molecule is CC[N+](CC)(CC)Cc1cc(N(c2ccccc2)c2ccc(C)cc2)ccc1C. The molecule has 3 aromatic carbocycles. The maximum atomic E-state index is 2.40. The molecule has 29 heavy (non-hydrogen) atoms. The van der Waals surface area contributed by atoms with Crippen LogP contribution in [0.25, 0.3) is 0 Å². The molecule has 0 N–H and O–H groups in total. The summed E-state index contributed by atoms with van der Waals surface area (Å²) in [5, 5.41) is 0. The molecule has 0 bridgehead atoms. The number of quaternary nitrogens is 1. The van der Waals surface area contributed by atoms with Gasteiger partial charge in [0.15, 0.2) is 0 Å². The number of nitrogens with zero attached hydrogens (tertiary/aromatic N) is 2. The number of anilines is 3. The first-order chi connectivity index (χ1) is 14.0. The van der Waals surface area contributed by atoms with Crippen molar-refractivity contribution >= 4 is 17.1 Å². The van der Waals surface area contributed by atoms with Gasteiger partial charge in [-0.25, -0.2) is 0 Å². The maximum Gasteiger partial charge on any atom is 0.105 e. The average molecular weight is 388 g/mol. The van der Waals surface area contributed by atoms with Gasteiger partial charge in [0.05, 0.1) is 19.6 Å². The Kier molecular flexibility index (Phi) is 6.76. The molecule has 152 valence electrons. The Bertz CT molecular complexity index is 901. The minimum Gasteiger partial charge on any atom is -0.321 e. The summed E-state index contributed by atoms with van der Waals surface area (Å²) < 4.78 is 1.13. The Morgan fingerprint density at radius 1 is 0.655 bits per heavy atom. The molecule has 0 radical (unpaired) electrons. The number of para-hydroxylation sites is 1. The molecule has 3 rings (SSSR count). The van der Waals surface area contributed by atoms with E-state index < -0.39 is 0 Å². The van der Waals surface area contributed by atoms with Crippen LogP contribution in [0.1, 0.15) is 37.5 Å². The van der Waals surface area contributed by atoms with Crippen molar-refractivity contribution in [2.24, 2.45) is 0 Å². The summed E-state index contributed by atoms with van der Waals surface area (Å²) in [5.74, 6) is 0. The van der Waals surface area contributed by atoms with Crippen molar-refractivity contribution in [3.63, 3.8) is 0 Å². The van der Waals surface area contributed by atoms with Crippen molar-refractivity contribution in [2.75, 3.05) is 24.5 Å². The molecule has 0 aliphatic carbocycles. The lowest BCUT2D eigenvalue weighted by atomic mass is 10.0. The molecular formula is C27H35N2+. The average Bonchev–Trinajstić information content (AvgIpc) is 2.76. The van der Waals surface area contributed by atoms with Crippen molar-refractivity contribution in [1.82, 2.24) is 0 Å². The second kappa shape index (κ2) is 9.28. The monoisotopic (exact) mass is 387 g/mol. The Morgan fingerprint density at radius 3 is 1.79 bits per heavy atom. The van der Waals surface area contributed by atoms with Crippen LogP contribution >= 0.6 is 0 Å². The van der Waals surface area contributed by atoms with Crippen molar-refractivity contribution in [3.8, 4) is 0 Å². The summed E-state index contributed by atoms with van der Waals surface area (Å²) in [6.07, 6.45) is 0. The van der Waals surface area contributed by atoms with Gasteiger partial charge < -0.3 is 9.38 Å². The minimum atomic E-state index is 1.08. The van der Waals surface area contributed by atoms with Crippen LogP contribution in [0.15, 0.2) is 72.8 Å². The molecule has 0 saturated heterocycles. The molecule has 0 fully saturated rings. The van der Waals surface area contributed by atoms with Crippen LogP contribution in [0.2, 0.25) is 0 Å². The lowest BCUT2D eigenvalue weighted by molar-refractivity contribution is -0.936. The molecule has 0 saturated carbocycles. The number of hydrogen-bond donors (Lipinski definition) is 0. The first kappa shape index (κ1) is 21.1. The van der Waals surface area contributed by atoms with E-state index in [1.807, 2.05) is 0 Å². The smallest absolute Gasteiger partial charge is 0.105 e. The zero-order valence-electron chi connectivity index (χ0n) is 18.7. The zero-order valence-corrected chi connectivity index (χ0v) is 18.7. The minimum absolute atomic E-state index is 1.08. The van der Waals surface area contributed by atoms with Gasteiger partial charge in [-0.2, -0.15) is 0 Å². The molecule has 0 unspecified atom stereocenters. The quantitative estimate of drug-likeness (QED) is 0.371. The van der Waals surface area contributed by atoms with Gasteiger partial charge in [0.1, 0.15) is 6.54 Å². The van der Waals surface area contributed by atoms with E-state index in [2.05, 4.69) is 112 Å². The first-order valence-electron chi connectivity index (χ1n) is 10.9. The van der Waals surface area contributed by atoms with E-state index >= 15 is 0 Å². The molecule has 3 aromatic rings. The van der Waals surface area contributed by atoms with Gasteiger partial charge in [-0.1, -0.05) is 42.0 Å². The van der Waals surface area contributed by atoms with Gasteiger partial charge in [-0.3, -0.25) is 0 Å². The predicted molar refractivity (Wildman–Crippen MR) is 126 cm³/mol. The standard InChI is InChI=1S/C27H35N2/c1-6-29(7-2,8-3)21-24-20-27(19-16-23(24)5)28(25-12-10-9-11-13-25)26-17-14-22(4)15-18-26/h9-20H,6-8,21H2,1-5H3/q+1. The lowest BCUT2D eigenvalue weighted by Crippen LogP contribution is -2.46. The summed E-state index contributed by atoms with van der Waals surface area (Å²) in [7, 11) is 0. The maximum absolute atomic E-state index is 2.40. The number of benzene rings is 3. The van der Waals surface area contributed by atoms with E-state index in [0.29, 0.717) is 0 Å². The van der Waals surface area contributed by atoms with Gasteiger partial charge in [0.2, 0.25) is 0 Å². The Labute approximate surface area is 177 Å². The molecule has 0 aromatic heterocycles. The Balaban J connectivity index is 2.08. The third-order valence-electron chi connectivity index (χ3n) is 6.42. The topological polar surface area (TPSA) is 3.24 Å². The van der Waals surface area contributed by atoms with Crippen LogP contribution in [-0.2, 0) is 6.54 Å². The van der Waals surface area contributed by atoms with Crippen LogP contribution < -0.4 is 4.90 Å². The molecule has 0 atom stereocenters. The summed E-state index contributed by atoms with van der Waals surface area (Å²) >= 11 is 0. The predicted octanol–water partition coefficient (Wildman–Crippen LogP) is 7.15. The van der Waals surface area contributed by atoms with Crippen molar-refractivity contribution in [3.05, 3.63) is 89.5 Å². The Hall–Kier alpha value is -2.58. The number of rotatable bonds is 8. The van der Waals surface area contributed by atoms with Crippen LogP contribution in [0.3, 0.4) is 0 Å². The summed E-state index contributed by atoms with van der Waals surface area (Å²) in [6, 6.07) is 26.4. The van der Waals surface area contributed by atoms with Gasteiger partial charge in [0.25, 0.3) is 0 Å². The van der Waals surface area contributed by atoms with E-state index in [1.165, 1.54) is 33.8 Å². The highest BCUT2D eigenvalue weighted by atomic mass is 15.3. The number of hydrogen-bond acceptors (Lipinski definition) is 1. The van der Waals surface area contributed by atoms with Crippen LogP contribution in [0.4, 0.5) is 17.1 Å². The van der Waals surface area contributed by atoms with Gasteiger partial charge in [0, 0.05) is 22.6 Å². The fraction of sp³-hybridized carbons (Fsp3) is 0.333. The molecule has 0 aliphatic heterocycles. The van der Waals surface area contributed by atoms with E-state index in [4.69, 9.17) is 0 Å². The van der Waals surface area contributed by atoms with Crippen molar-refractivity contribution in [1.29, 1.82) is 0 Å². The molecule has 0 aliphatic rings. The van der Waals surface area contributed by atoms with Crippen LogP contribution in [0.5, 0.6) is 0 Å². The van der Waals surface area contributed by atoms with Crippen LogP contribution in [0, 0.1) is 13.8 Å². The lowest BCUT2D eigenvalue weighted by Gasteiger charge is -2.36. The Morgan fingerprint density at radius 2 is 1.21 bits per heavy atom. The highest BCUT2D eigenvalue weighted by Crippen LogP contribution is 2.35. The highest BCUT2D eigenvalue weighted by molar-refractivity contribution is 5.77. The molecule has 0 heterocycles. The molecule has 0 amide bonds. The van der Waals surface area contributed by atoms with Gasteiger partial charge >= 0.3 is 0 Å².